The van der Waals surface area contributed by atoms with Crippen LogP contribution in [0.1, 0.15) is 51.9 Å². The minimum absolute atomic E-state index is 0.315. The highest BCUT2D eigenvalue weighted by Gasteiger charge is 2.33. The van der Waals surface area contributed by atoms with Gasteiger partial charge < -0.3 is 9.84 Å². The molecule has 1 saturated heterocycles. The molecule has 2 rings (SSSR count). The fourth-order valence-corrected chi connectivity index (χ4v) is 3.12. The molecule has 0 aromatic heterocycles. The van der Waals surface area contributed by atoms with Crippen LogP contribution in [0.5, 0.6) is 0 Å². The molecule has 0 bridgehead atoms. The smallest absolute Gasteiger partial charge is 0.0644 e. The molecular weight excluding hydrogens is 200 g/mol. The largest absolute Gasteiger partial charge is 0.396 e. The third-order valence-corrected chi connectivity index (χ3v) is 3.88. The Bertz CT molecular complexity index is 247. The van der Waals surface area contributed by atoms with Crippen molar-refractivity contribution in [3.05, 3.63) is 11.6 Å². The van der Waals surface area contributed by atoms with Gasteiger partial charge in [0.15, 0.2) is 0 Å². The standard InChI is InChI=1S/C14H24O2/c1-11-10-12-6-2-3-7-13(12)14(16-11)8-4-5-9-15/h6,11,13-15H,2-5,7-10H2,1H3/t11-,13-,14+/m0/s1. The first-order valence-corrected chi connectivity index (χ1v) is 6.76. The average Bonchev–Trinajstić information content (AvgIpc) is 2.29. The van der Waals surface area contributed by atoms with Crippen molar-refractivity contribution >= 4 is 0 Å². The molecule has 2 nitrogen and oxygen atoms in total. The molecule has 1 N–H and O–H groups in total. The van der Waals surface area contributed by atoms with Crippen molar-refractivity contribution in [3.8, 4) is 0 Å². The van der Waals surface area contributed by atoms with Gasteiger partial charge in [0.25, 0.3) is 0 Å². The van der Waals surface area contributed by atoms with Gasteiger partial charge in [-0.25, -0.2) is 0 Å². The van der Waals surface area contributed by atoms with Gasteiger partial charge in [0, 0.05) is 12.5 Å². The van der Waals surface area contributed by atoms with Gasteiger partial charge in [-0.3, -0.25) is 0 Å². The fourth-order valence-electron chi connectivity index (χ4n) is 3.12. The summed E-state index contributed by atoms with van der Waals surface area (Å²) in [6.45, 7) is 2.50. The summed E-state index contributed by atoms with van der Waals surface area (Å²) in [6, 6.07) is 0. The van der Waals surface area contributed by atoms with Crippen LogP contribution in [0, 0.1) is 5.92 Å². The molecule has 0 saturated carbocycles. The lowest BCUT2D eigenvalue weighted by molar-refractivity contribution is -0.0596. The highest BCUT2D eigenvalue weighted by Crippen LogP contribution is 2.38. The summed E-state index contributed by atoms with van der Waals surface area (Å²) in [5.74, 6) is 0.684. The van der Waals surface area contributed by atoms with Crippen molar-refractivity contribution in [2.45, 2.75) is 64.1 Å². The van der Waals surface area contributed by atoms with Crippen LogP contribution in [0.25, 0.3) is 0 Å². The predicted molar refractivity (Wildman–Crippen MR) is 65.3 cm³/mol. The van der Waals surface area contributed by atoms with Crippen molar-refractivity contribution in [1.29, 1.82) is 0 Å². The Labute approximate surface area is 98.7 Å². The molecule has 0 spiro atoms. The van der Waals surface area contributed by atoms with E-state index in [2.05, 4.69) is 13.0 Å². The first kappa shape index (κ1) is 12.1. The molecule has 3 atom stereocenters. The number of hydrogen-bond donors (Lipinski definition) is 1. The van der Waals surface area contributed by atoms with E-state index in [0.717, 1.165) is 25.7 Å². The normalized spacial score (nSPS) is 34.4. The lowest BCUT2D eigenvalue weighted by Crippen LogP contribution is -2.36. The summed E-state index contributed by atoms with van der Waals surface area (Å²) in [5.41, 5.74) is 1.65. The van der Waals surface area contributed by atoms with Gasteiger partial charge in [0.2, 0.25) is 0 Å². The number of hydrogen-bond acceptors (Lipinski definition) is 2. The molecule has 92 valence electrons. The highest BCUT2D eigenvalue weighted by molar-refractivity contribution is 5.15. The number of aliphatic hydroxyl groups excluding tert-OH is 1. The van der Waals surface area contributed by atoms with Crippen LogP contribution in [0.2, 0.25) is 0 Å². The van der Waals surface area contributed by atoms with Crippen LogP contribution in [-0.4, -0.2) is 23.9 Å². The predicted octanol–water partition coefficient (Wildman–Crippen LogP) is 3.05. The Morgan fingerprint density at radius 1 is 1.44 bits per heavy atom. The Kier molecular flexibility index (Phi) is 4.42. The van der Waals surface area contributed by atoms with Crippen LogP contribution in [-0.2, 0) is 4.74 Å². The zero-order chi connectivity index (χ0) is 11.4. The van der Waals surface area contributed by atoms with E-state index in [9.17, 15) is 0 Å². The number of fused-ring (bicyclic) bond motifs is 1. The molecule has 0 amide bonds. The second kappa shape index (κ2) is 5.83. The van der Waals surface area contributed by atoms with Gasteiger partial charge in [-0.15, -0.1) is 0 Å². The molecule has 1 fully saturated rings. The minimum Gasteiger partial charge on any atom is -0.396 e. The maximum absolute atomic E-state index is 8.83. The summed E-state index contributed by atoms with van der Waals surface area (Å²) in [6.07, 6.45) is 11.4. The summed E-state index contributed by atoms with van der Waals surface area (Å²) in [4.78, 5) is 0. The first-order chi connectivity index (χ1) is 7.81. The minimum atomic E-state index is 0.315. The molecule has 1 heterocycles. The van der Waals surface area contributed by atoms with Gasteiger partial charge >= 0.3 is 0 Å². The first-order valence-electron chi connectivity index (χ1n) is 6.76. The number of aliphatic hydroxyl groups is 1. The average molecular weight is 224 g/mol. The molecule has 2 aliphatic rings. The maximum atomic E-state index is 8.83. The van der Waals surface area contributed by atoms with E-state index in [0.29, 0.717) is 24.7 Å². The molecule has 0 aromatic rings. The van der Waals surface area contributed by atoms with Gasteiger partial charge in [-0.1, -0.05) is 11.6 Å². The quantitative estimate of drug-likeness (QED) is 0.587. The van der Waals surface area contributed by atoms with E-state index in [1.807, 2.05) is 0 Å². The van der Waals surface area contributed by atoms with Crippen LogP contribution in [0.15, 0.2) is 11.6 Å². The molecule has 0 aromatic carbocycles. The topological polar surface area (TPSA) is 29.5 Å². The van der Waals surface area contributed by atoms with Crippen LogP contribution in [0.4, 0.5) is 0 Å². The summed E-state index contributed by atoms with van der Waals surface area (Å²) >= 11 is 0. The van der Waals surface area contributed by atoms with Gasteiger partial charge in [0.05, 0.1) is 12.2 Å². The molecule has 1 aliphatic heterocycles. The third-order valence-electron chi connectivity index (χ3n) is 3.88. The number of rotatable bonds is 4. The second-order valence-electron chi connectivity index (χ2n) is 5.23. The number of allylic oxidation sites excluding steroid dienone is 1. The molecule has 16 heavy (non-hydrogen) atoms. The number of ether oxygens (including phenoxy) is 1. The summed E-state index contributed by atoms with van der Waals surface area (Å²) < 4.78 is 6.08. The van der Waals surface area contributed by atoms with Crippen molar-refractivity contribution < 1.29 is 9.84 Å². The SMILES string of the molecule is C[C@H]1CC2=CCCC[C@@H]2[C@@H](CCCCO)O1. The molecule has 0 unspecified atom stereocenters. The zero-order valence-electron chi connectivity index (χ0n) is 10.3. The summed E-state index contributed by atoms with van der Waals surface area (Å²) in [7, 11) is 0. The number of unbranched alkanes of at least 4 members (excludes halogenated alkanes) is 1. The Morgan fingerprint density at radius 2 is 2.31 bits per heavy atom. The van der Waals surface area contributed by atoms with E-state index in [4.69, 9.17) is 9.84 Å². The highest BCUT2D eigenvalue weighted by atomic mass is 16.5. The van der Waals surface area contributed by atoms with Crippen molar-refractivity contribution in [3.63, 3.8) is 0 Å². The van der Waals surface area contributed by atoms with E-state index in [1.165, 1.54) is 19.3 Å². The summed E-state index contributed by atoms with van der Waals surface area (Å²) in [5, 5.41) is 8.83. The Morgan fingerprint density at radius 3 is 3.12 bits per heavy atom. The lowest BCUT2D eigenvalue weighted by atomic mass is 9.78. The lowest BCUT2D eigenvalue weighted by Gasteiger charge is -2.39. The maximum Gasteiger partial charge on any atom is 0.0644 e. The Hall–Kier alpha value is -0.340. The van der Waals surface area contributed by atoms with Crippen molar-refractivity contribution in [1.82, 2.24) is 0 Å². The zero-order valence-corrected chi connectivity index (χ0v) is 10.3. The van der Waals surface area contributed by atoms with E-state index in [1.54, 1.807) is 5.57 Å². The van der Waals surface area contributed by atoms with Crippen molar-refractivity contribution in [2.75, 3.05) is 6.61 Å². The van der Waals surface area contributed by atoms with E-state index >= 15 is 0 Å². The molecule has 0 radical (unpaired) electrons. The monoisotopic (exact) mass is 224 g/mol. The van der Waals surface area contributed by atoms with Gasteiger partial charge in [-0.2, -0.15) is 0 Å². The second-order valence-corrected chi connectivity index (χ2v) is 5.23. The van der Waals surface area contributed by atoms with E-state index in [-0.39, 0.29) is 0 Å². The van der Waals surface area contributed by atoms with Crippen LogP contribution >= 0.6 is 0 Å². The molecular formula is C14H24O2. The fraction of sp³-hybridized carbons (Fsp3) is 0.857. The van der Waals surface area contributed by atoms with Crippen LogP contribution in [0.3, 0.4) is 0 Å². The van der Waals surface area contributed by atoms with Gasteiger partial charge in [0.1, 0.15) is 0 Å². The van der Waals surface area contributed by atoms with E-state index < -0.39 is 0 Å². The molecule has 2 heteroatoms. The Balaban J connectivity index is 1.93. The van der Waals surface area contributed by atoms with Crippen molar-refractivity contribution in [2.24, 2.45) is 5.92 Å². The molecule has 1 aliphatic carbocycles. The third kappa shape index (κ3) is 2.86. The van der Waals surface area contributed by atoms with Gasteiger partial charge in [-0.05, 0) is 51.9 Å². The van der Waals surface area contributed by atoms with Crippen LogP contribution < -0.4 is 0 Å².